The molecule has 28 heavy (non-hydrogen) atoms. The molecule has 0 bridgehead atoms. The molecule has 0 aliphatic heterocycles. The summed E-state index contributed by atoms with van der Waals surface area (Å²) in [6.45, 7) is 5.53. The van der Waals surface area contributed by atoms with Gasteiger partial charge in [0, 0.05) is 33.1 Å². The average molecular weight is 389 g/mol. The highest BCUT2D eigenvalue weighted by Gasteiger charge is 2.17. The van der Waals surface area contributed by atoms with Gasteiger partial charge in [0.25, 0.3) is 0 Å². The molecule has 6 nitrogen and oxygen atoms in total. The molecule has 1 atom stereocenters. The van der Waals surface area contributed by atoms with E-state index in [9.17, 15) is 4.79 Å². The van der Waals surface area contributed by atoms with Gasteiger partial charge in [-0.15, -0.1) is 0 Å². The van der Waals surface area contributed by atoms with E-state index < -0.39 is 0 Å². The molecule has 1 fully saturated rings. The molecule has 0 radical (unpaired) electrons. The highest BCUT2D eigenvalue weighted by Crippen LogP contribution is 2.27. The molecule has 1 aromatic carbocycles. The number of hydrogen-bond donors (Lipinski definition) is 3. The van der Waals surface area contributed by atoms with E-state index >= 15 is 0 Å². The van der Waals surface area contributed by atoms with E-state index in [2.05, 4.69) is 40.0 Å². The minimum atomic E-state index is 0.167. The highest BCUT2D eigenvalue weighted by atomic mass is 16.5. The molecule has 0 heterocycles. The van der Waals surface area contributed by atoms with Crippen LogP contribution in [-0.2, 0) is 16.1 Å². The number of amides is 1. The Morgan fingerprint density at radius 2 is 1.86 bits per heavy atom. The summed E-state index contributed by atoms with van der Waals surface area (Å²) >= 11 is 0. The molecule has 1 aliphatic carbocycles. The maximum Gasteiger partial charge on any atom is 0.220 e. The summed E-state index contributed by atoms with van der Waals surface area (Å²) in [5, 5.41) is 9.54. The first-order valence-electron chi connectivity index (χ1n) is 10.5. The zero-order valence-corrected chi connectivity index (χ0v) is 17.4. The van der Waals surface area contributed by atoms with Crippen LogP contribution in [0.1, 0.15) is 44.6 Å². The molecule has 1 aromatic rings. The smallest absolute Gasteiger partial charge is 0.220 e. The van der Waals surface area contributed by atoms with Gasteiger partial charge in [-0.2, -0.15) is 0 Å². The summed E-state index contributed by atoms with van der Waals surface area (Å²) < 4.78 is 5.78. The minimum Gasteiger partial charge on any atom is -0.376 e. The van der Waals surface area contributed by atoms with Crippen LogP contribution in [0.3, 0.4) is 0 Å². The fourth-order valence-corrected chi connectivity index (χ4v) is 3.43. The van der Waals surface area contributed by atoms with E-state index in [1.807, 2.05) is 18.2 Å². The number of nitrogens with one attached hydrogen (secondary N) is 3. The van der Waals surface area contributed by atoms with Crippen molar-refractivity contribution in [3.63, 3.8) is 0 Å². The first-order valence-corrected chi connectivity index (χ1v) is 10.5. The van der Waals surface area contributed by atoms with Gasteiger partial charge in [0.15, 0.2) is 5.96 Å². The number of aliphatic imine (C=N–C) groups is 1. The molecular weight excluding hydrogens is 352 g/mol. The summed E-state index contributed by atoms with van der Waals surface area (Å²) in [5.41, 5.74) is 1.19. The number of guanidine groups is 1. The first kappa shape index (κ1) is 22.2. The molecule has 0 saturated heterocycles. The van der Waals surface area contributed by atoms with Crippen LogP contribution in [-0.4, -0.2) is 45.2 Å². The Hall–Kier alpha value is -2.08. The minimum absolute atomic E-state index is 0.167. The van der Waals surface area contributed by atoms with Crippen LogP contribution < -0.4 is 16.0 Å². The van der Waals surface area contributed by atoms with E-state index in [-0.39, 0.29) is 5.91 Å². The number of ether oxygens (including phenoxy) is 1. The van der Waals surface area contributed by atoms with Gasteiger partial charge in [-0.25, -0.2) is 0 Å². The van der Waals surface area contributed by atoms with E-state index in [0.717, 1.165) is 12.5 Å². The predicted molar refractivity (Wildman–Crippen MR) is 114 cm³/mol. The van der Waals surface area contributed by atoms with Crippen LogP contribution in [0.5, 0.6) is 0 Å². The van der Waals surface area contributed by atoms with Crippen LogP contribution >= 0.6 is 0 Å². The zero-order chi connectivity index (χ0) is 20.0. The molecule has 1 saturated carbocycles. The second kappa shape index (κ2) is 13.2. The lowest BCUT2D eigenvalue weighted by Gasteiger charge is -2.16. The summed E-state index contributed by atoms with van der Waals surface area (Å²) in [6.07, 6.45) is 5.63. The van der Waals surface area contributed by atoms with Crippen LogP contribution in [0, 0.1) is 11.8 Å². The molecule has 1 unspecified atom stereocenters. The lowest BCUT2D eigenvalue weighted by Crippen LogP contribution is -2.43. The van der Waals surface area contributed by atoms with Gasteiger partial charge in [0.1, 0.15) is 0 Å². The van der Waals surface area contributed by atoms with Crippen molar-refractivity contribution in [3.05, 3.63) is 35.9 Å². The normalized spacial score (nSPS) is 16.0. The Morgan fingerprint density at radius 1 is 1.14 bits per heavy atom. The Labute approximate surface area is 169 Å². The van der Waals surface area contributed by atoms with Crippen molar-refractivity contribution in [2.75, 3.05) is 33.3 Å². The molecule has 3 N–H and O–H groups in total. The van der Waals surface area contributed by atoms with Crippen molar-refractivity contribution in [3.8, 4) is 0 Å². The van der Waals surface area contributed by atoms with Gasteiger partial charge in [-0.3, -0.25) is 9.79 Å². The van der Waals surface area contributed by atoms with Gasteiger partial charge in [0.05, 0.1) is 13.2 Å². The molecule has 0 spiro atoms. The molecule has 1 amide bonds. The zero-order valence-electron chi connectivity index (χ0n) is 17.4. The van der Waals surface area contributed by atoms with Gasteiger partial charge >= 0.3 is 0 Å². The van der Waals surface area contributed by atoms with Gasteiger partial charge in [-0.1, -0.05) is 50.1 Å². The maximum absolute atomic E-state index is 11.9. The van der Waals surface area contributed by atoms with Crippen LogP contribution in [0.15, 0.2) is 35.3 Å². The molecule has 1 aliphatic rings. The first-order chi connectivity index (χ1) is 13.7. The van der Waals surface area contributed by atoms with Gasteiger partial charge in [-0.05, 0) is 30.2 Å². The van der Waals surface area contributed by atoms with Crippen molar-refractivity contribution in [2.24, 2.45) is 16.8 Å². The SMILES string of the molecule is CN=C(NCCNC(=O)CC1CCCC1)NCC(C)COCc1ccccc1. The van der Waals surface area contributed by atoms with E-state index in [4.69, 9.17) is 4.74 Å². The Morgan fingerprint density at radius 3 is 2.57 bits per heavy atom. The number of carbonyl (C=O) groups excluding carboxylic acids is 1. The third kappa shape index (κ3) is 9.22. The second-order valence-electron chi connectivity index (χ2n) is 7.69. The summed E-state index contributed by atoms with van der Waals surface area (Å²) in [5.74, 6) is 1.88. The Balaban J connectivity index is 1.51. The topological polar surface area (TPSA) is 74.8 Å². The quantitative estimate of drug-likeness (QED) is 0.310. The van der Waals surface area contributed by atoms with Crippen molar-refractivity contribution >= 4 is 11.9 Å². The average Bonchev–Trinajstić information content (AvgIpc) is 3.21. The van der Waals surface area contributed by atoms with Crippen molar-refractivity contribution < 1.29 is 9.53 Å². The standard InChI is InChI=1S/C22H36N4O2/c1-18(16-28-17-20-10-4-3-5-11-20)15-26-22(23-2)25-13-12-24-21(27)14-19-8-6-7-9-19/h3-5,10-11,18-19H,6-9,12-17H2,1-2H3,(H,24,27)(H2,23,25,26). The summed E-state index contributed by atoms with van der Waals surface area (Å²) in [4.78, 5) is 16.2. The van der Waals surface area contributed by atoms with Gasteiger partial charge in [0.2, 0.25) is 5.91 Å². The number of nitrogens with zero attached hydrogens (tertiary/aromatic N) is 1. The number of carbonyl (C=O) groups is 1. The van der Waals surface area contributed by atoms with Crippen molar-refractivity contribution in [2.45, 2.75) is 45.6 Å². The van der Waals surface area contributed by atoms with Crippen LogP contribution in [0.25, 0.3) is 0 Å². The summed E-state index contributed by atoms with van der Waals surface area (Å²) in [6, 6.07) is 10.2. The Bertz CT molecular complexity index is 585. The number of hydrogen-bond acceptors (Lipinski definition) is 3. The molecule has 2 rings (SSSR count). The van der Waals surface area contributed by atoms with Crippen LogP contribution in [0.4, 0.5) is 0 Å². The third-order valence-electron chi connectivity index (χ3n) is 5.04. The number of benzene rings is 1. The van der Waals surface area contributed by atoms with E-state index in [1.165, 1.54) is 31.2 Å². The van der Waals surface area contributed by atoms with Crippen molar-refractivity contribution in [1.29, 1.82) is 0 Å². The highest BCUT2D eigenvalue weighted by molar-refractivity contribution is 5.79. The Kier molecular flexibility index (Phi) is 10.4. The van der Waals surface area contributed by atoms with Gasteiger partial charge < -0.3 is 20.7 Å². The van der Waals surface area contributed by atoms with Crippen molar-refractivity contribution in [1.82, 2.24) is 16.0 Å². The van der Waals surface area contributed by atoms with E-state index in [0.29, 0.717) is 44.6 Å². The molecule has 156 valence electrons. The van der Waals surface area contributed by atoms with E-state index in [1.54, 1.807) is 7.05 Å². The molecular formula is C22H36N4O2. The fourth-order valence-electron chi connectivity index (χ4n) is 3.43. The molecule has 0 aromatic heterocycles. The predicted octanol–water partition coefficient (Wildman–Crippen LogP) is 2.70. The number of rotatable bonds is 11. The lowest BCUT2D eigenvalue weighted by atomic mass is 10.0. The summed E-state index contributed by atoms with van der Waals surface area (Å²) in [7, 11) is 1.75. The largest absolute Gasteiger partial charge is 0.376 e. The van der Waals surface area contributed by atoms with Crippen LogP contribution in [0.2, 0.25) is 0 Å². The third-order valence-corrected chi connectivity index (χ3v) is 5.04. The molecule has 6 heteroatoms. The second-order valence-corrected chi connectivity index (χ2v) is 7.69. The maximum atomic E-state index is 11.9. The monoisotopic (exact) mass is 388 g/mol. The fraction of sp³-hybridized carbons (Fsp3) is 0.636. The lowest BCUT2D eigenvalue weighted by molar-refractivity contribution is -0.121.